The number of anilines is 1. The fourth-order valence-electron chi connectivity index (χ4n) is 3.68. The van der Waals surface area contributed by atoms with Crippen LogP contribution < -0.4 is 10.5 Å². The topological polar surface area (TPSA) is 59.2 Å². The number of halogens is 2. The smallest absolute Gasteiger partial charge is 0.261 e. The molecule has 2 aromatic heterocycles. The largest absolute Gasteiger partial charge is 0.369 e. The SMILES string of the molecule is Cc1cnn(CCN2CCN(c3ccc4c(=O)n(CC(F)F)cnc4c3)CC2)c1. The van der Waals surface area contributed by atoms with Gasteiger partial charge >= 0.3 is 0 Å². The third-order valence-electron chi connectivity index (χ3n) is 5.29. The number of alkyl halides is 2. The van der Waals surface area contributed by atoms with Gasteiger partial charge in [-0.3, -0.25) is 18.9 Å². The van der Waals surface area contributed by atoms with E-state index in [1.807, 2.05) is 36.1 Å². The molecule has 1 aliphatic heterocycles. The van der Waals surface area contributed by atoms with E-state index < -0.39 is 18.5 Å². The molecule has 3 aromatic rings. The summed E-state index contributed by atoms with van der Waals surface area (Å²) < 4.78 is 28.1. The normalized spacial score (nSPS) is 15.5. The van der Waals surface area contributed by atoms with Gasteiger partial charge in [-0.15, -0.1) is 0 Å². The van der Waals surface area contributed by atoms with Crippen LogP contribution in [0.5, 0.6) is 0 Å². The maximum Gasteiger partial charge on any atom is 0.261 e. The molecule has 0 amide bonds. The van der Waals surface area contributed by atoms with E-state index in [0.717, 1.165) is 49.5 Å². The van der Waals surface area contributed by atoms with Crippen molar-refractivity contribution in [1.29, 1.82) is 0 Å². The number of aromatic nitrogens is 4. The quantitative estimate of drug-likeness (QED) is 0.631. The van der Waals surface area contributed by atoms with Gasteiger partial charge in [0.05, 0.1) is 36.5 Å². The molecule has 154 valence electrons. The van der Waals surface area contributed by atoms with Crippen LogP contribution in [0.1, 0.15) is 5.56 Å². The lowest BCUT2D eigenvalue weighted by Crippen LogP contribution is -2.47. The minimum absolute atomic E-state index is 0.366. The zero-order chi connectivity index (χ0) is 20.4. The van der Waals surface area contributed by atoms with E-state index in [9.17, 15) is 13.6 Å². The second-order valence-electron chi connectivity index (χ2n) is 7.40. The number of fused-ring (bicyclic) bond motifs is 1. The predicted molar refractivity (Wildman–Crippen MR) is 108 cm³/mol. The summed E-state index contributed by atoms with van der Waals surface area (Å²) in [6.45, 7) is 6.89. The van der Waals surface area contributed by atoms with Gasteiger partial charge < -0.3 is 4.90 Å². The molecule has 0 unspecified atom stereocenters. The van der Waals surface area contributed by atoms with Crippen molar-refractivity contribution in [2.24, 2.45) is 0 Å². The van der Waals surface area contributed by atoms with Gasteiger partial charge in [-0.25, -0.2) is 13.8 Å². The van der Waals surface area contributed by atoms with Crippen molar-refractivity contribution in [2.75, 3.05) is 37.6 Å². The Hall–Kier alpha value is -2.81. The Morgan fingerprint density at radius 1 is 1.14 bits per heavy atom. The number of benzene rings is 1. The first kappa shape index (κ1) is 19.5. The van der Waals surface area contributed by atoms with Crippen molar-refractivity contribution in [3.63, 3.8) is 0 Å². The number of hydrogen-bond acceptors (Lipinski definition) is 5. The summed E-state index contributed by atoms with van der Waals surface area (Å²) in [5.74, 6) is 0. The number of piperazine rings is 1. The van der Waals surface area contributed by atoms with Gasteiger partial charge in [0.2, 0.25) is 0 Å². The minimum Gasteiger partial charge on any atom is -0.369 e. The maximum absolute atomic E-state index is 12.6. The predicted octanol–water partition coefficient (Wildman–Crippen LogP) is 1.99. The number of hydrogen-bond donors (Lipinski definition) is 0. The Morgan fingerprint density at radius 3 is 2.62 bits per heavy atom. The summed E-state index contributed by atoms with van der Waals surface area (Å²) in [4.78, 5) is 21.2. The molecule has 29 heavy (non-hydrogen) atoms. The van der Waals surface area contributed by atoms with Crippen molar-refractivity contribution >= 4 is 16.6 Å². The van der Waals surface area contributed by atoms with E-state index in [-0.39, 0.29) is 0 Å². The van der Waals surface area contributed by atoms with Gasteiger partial charge in [0.15, 0.2) is 0 Å². The molecule has 1 aliphatic rings. The highest BCUT2D eigenvalue weighted by molar-refractivity contribution is 5.81. The van der Waals surface area contributed by atoms with Gasteiger partial charge in [0, 0.05) is 44.6 Å². The van der Waals surface area contributed by atoms with E-state index in [4.69, 9.17) is 0 Å². The molecule has 0 saturated carbocycles. The Morgan fingerprint density at radius 2 is 1.93 bits per heavy atom. The van der Waals surface area contributed by atoms with Gasteiger partial charge in [-0.1, -0.05) is 0 Å². The zero-order valence-electron chi connectivity index (χ0n) is 16.3. The van der Waals surface area contributed by atoms with Gasteiger partial charge in [0.25, 0.3) is 12.0 Å². The van der Waals surface area contributed by atoms with Crippen LogP contribution in [0.15, 0.2) is 41.7 Å². The molecule has 7 nitrogen and oxygen atoms in total. The summed E-state index contributed by atoms with van der Waals surface area (Å²) >= 11 is 0. The lowest BCUT2D eigenvalue weighted by atomic mass is 10.2. The number of nitrogens with zero attached hydrogens (tertiary/aromatic N) is 6. The minimum atomic E-state index is -2.58. The third kappa shape index (κ3) is 4.45. The molecule has 3 heterocycles. The lowest BCUT2D eigenvalue weighted by Gasteiger charge is -2.36. The van der Waals surface area contributed by atoms with Crippen molar-refractivity contribution < 1.29 is 8.78 Å². The van der Waals surface area contributed by atoms with Crippen LogP contribution in [0.25, 0.3) is 10.9 Å². The molecule has 1 saturated heterocycles. The highest BCUT2D eigenvalue weighted by Crippen LogP contribution is 2.20. The van der Waals surface area contributed by atoms with Gasteiger partial charge in [-0.05, 0) is 30.7 Å². The van der Waals surface area contributed by atoms with Crippen LogP contribution in [0.2, 0.25) is 0 Å². The summed E-state index contributed by atoms with van der Waals surface area (Å²) in [5.41, 5.74) is 2.27. The first-order valence-electron chi connectivity index (χ1n) is 9.73. The van der Waals surface area contributed by atoms with Crippen LogP contribution in [-0.4, -0.2) is 63.4 Å². The summed E-state index contributed by atoms with van der Waals surface area (Å²) in [7, 11) is 0. The van der Waals surface area contributed by atoms with Crippen molar-refractivity contribution in [3.8, 4) is 0 Å². The molecule has 0 N–H and O–H groups in total. The first-order valence-corrected chi connectivity index (χ1v) is 9.73. The van der Waals surface area contributed by atoms with Gasteiger partial charge in [0.1, 0.15) is 0 Å². The third-order valence-corrected chi connectivity index (χ3v) is 5.29. The van der Waals surface area contributed by atoms with Crippen molar-refractivity contribution in [2.45, 2.75) is 26.4 Å². The molecule has 0 spiro atoms. The van der Waals surface area contributed by atoms with E-state index >= 15 is 0 Å². The molecular formula is C20H24F2N6O. The highest BCUT2D eigenvalue weighted by atomic mass is 19.3. The van der Waals surface area contributed by atoms with Crippen LogP contribution in [0, 0.1) is 6.92 Å². The van der Waals surface area contributed by atoms with Gasteiger partial charge in [-0.2, -0.15) is 5.10 Å². The highest BCUT2D eigenvalue weighted by Gasteiger charge is 2.18. The van der Waals surface area contributed by atoms with E-state index in [0.29, 0.717) is 10.9 Å². The molecule has 0 radical (unpaired) electrons. The van der Waals surface area contributed by atoms with E-state index in [2.05, 4.69) is 19.9 Å². The zero-order valence-corrected chi connectivity index (χ0v) is 16.3. The molecule has 1 fully saturated rings. The van der Waals surface area contributed by atoms with Crippen LogP contribution in [0.4, 0.5) is 14.5 Å². The second kappa shape index (κ2) is 8.28. The lowest BCUT2D eigenvalue weighted by molar-refractivity contribution is 0.125. The summed E-state index contributed by atoms with van der Waals surface area (Å²) in [6.07, 6.45) is 2.54. The molecule has 4 rings (SSSR count). The average molecular weight is 402 g/mol. The Kier molecular flexibility index (Phi) is 5.57. The van der Waals surface area contributed by atoms with Crippen molar-refractivity contribution in [1.82, 2.24) is 24.2 Å². The molecule has 0 aliphatic carbocycles. The average Bonchev–Trinajstić information content (AvgIpc) is 3.14. The Balaban J connectivity index is 1.39. The fourth-order valence-corrected chi connectivity index (χ4v) is 3.68. The van der Waals surface area contributed by atoms with Crippen LogP contribution >= 0.6 is 0 Å². The first-order chi connectivity index (χ1) is 14.0. The van der Waals surface area contributed by atoms with Crippen LogP contribution in [0.3, 0.4) is 0 Å². The number of aryl methyl sites for hydroxylation is 1. The molecule has 1 aromatic carbocycles. The summed E-state index contributed by atoms with van der Waals surface area (Å²) in [5, 5.41) is 4.69. The molecule has 0 bridgehead atoms. The molecule has 9 heteroatoms. The Labute approximate surface area is 167 Å². The van der Waals surface area contributed by atoms with E-state index in [1.165, 1.54) is 11.9 Å². The molecular weight excluding hydrogens is 378 g/mol. The standard InChI is InChI=1S/C20H24F2N6O/c1-15-11-24-28(12-15)9-6-25-4-7-26(8-5-25)16-2-3-17-18(10-16)23-14-27(20(17)29)13-19(21)22/h2-3,10-12,14,19H,4-9,13H2,1H3. The Bertz CT molecular complexity index is 1040. The van der Waals surface area contributed by atoms with E-state index in [1.54, 1.807) is 6.07 Å². The van der Waals surface area contributed by atoms with Crippen molar-refractivity contribution in [3.05, 3.63) is 52.8 Å². The monoisotopic (exact) mass is 402 g/mol. The summed E-state index contributed by atoms with van der Waals surface area (Å²) in [6, 6.07) is 5.43. The maximum atomic E-state index is 12.6. The fraction of sp³-hybridized carbons (Fsp3) is 0.450. The van der Waals surface area contributed by atoms with Crippen LogP contribution in [-0.2, 0) is 13.1 Å². The second-order valence-corrected chi connectivity index (χ2v) is 7.40. The number of rotatable bonds is 6. The molecule has 0 atom stereocenters.